The summed E-state index contributed by atoms with van der Waals surface area (Å²) in [7, 11) is -4.02. The van der Waals surface area contributed by atoms with Gasteiger partial charge in [0, 0.05) is 41.1 Å². The quantitative estimate of drug-likeness (QED) is 0.241. The Kier molecular flexibility index (Phi) is 9.24. The monoisotopic (exact) mass is 604 g/mol. The second-order valence-electron chi connectivity index (χ2n) is 10.9. The van der Waals surface area contributed by atoms with Crippen molar-refractivity contribution in [2.45, 2.75) is 75.4 Å². The van der Waals surface area contributed by atoms with Crippen molar-refractivity contribution in [3.8, 4) is 10.4 Å². The highest BCUT2D eigenvalue weighted by Crippen LogP contribution is 2.40. The van der Waals surface area contributed by atoms with Crippen LogP contribution in [0.5, 0.6) is 0 Å². The molecule has 0 aliphatic heterocycles. The summed E-state index contributed by atoms with van der Waals surface area (Å²) in [4.78, 5) is 32.6. The van der Waals surface area contributed by atoms with Crippen molar-refractivity contribution in [1.29, 1.82) is 0 Å². The van der Waals surface area contributed by atoms with Gasteiger partial charge in [0.1, 0.15) is 5.82 Å². The van der Waals surface area contributed by atoms with Crippen molar-refractivity contribution < 1.29 is 27.5 Å². The van der Waals surface area contributed by atoms with Crippen LogP contribution in [0.2, 0.25) is 0 Å². The molecule has 3 aromatic rings. The Morgan fingerprint density at radius 3 is 2.51 bits per heavy atom. The lowest BCUT2D eigenvalue weighted by atomic mass is 9.86. The predicted molar refractivity (Wildman–Crippen MR) is 154 cm³/mol. The molecule has 41 heavy (non-hydrogen) atoms. The van der Waals surface area contributed by atoms with Crippen molar-refractivity contribution in [1.82, 2.24) is 25.3 Å². The molecule has 14 heteroatoms. The van der Waals surface area contributed by atoms with E-state index in [4.69, 9.17) is 5.11 Å². The van der Waals surface area contributed by atoms with Crippen molar-refractivity contribution in [3.05, 3.63) is 59.2 Å². The molecule has 3 amide bonds. The lowest BCUT2D eigenvalue weighted by molar-refractivity contribution is 0.185. The number of carboxylic acid groups (broad SMARTS) is 1. The van der Waals surface area contributed by atoms with Crippen LogP contribution in [0, 0.1) is 5.82 Å². The third-order valence-electron chi connectivity index (χ3n) is 6.41. The van der Waals surface area contributed by atoms with Crippen LogP contribution in [0.25, 0.3) is 10.4 Å². The number of pyridine rings is 1. The first kappa shape index (κ1) is 30.3. The van der Waals surface area contributed by atoms with Crippen LogP contribution in [0.15, 0.2) is 47.6 Å². The van der Waals surface area contributed by atoms with E-state index in [-0.39, 0.29) is 34.8 Å². The van der Waals surface area contributed by atoms with Crippen LogP contribution >= 0.6 is 11.3 Å². The average Bonchev–Trinajstić information content (AvgIpc) is 3.37. The number of amides is 3. The number of carbonyl (C=O) groups is 2. The number of nitrogens with one attached hydrogen (secondary N) is 4. The Balaban J connectivity index is 1.56. The zero-order chi connectivity index (χ0) is 29.8. The number of urea groups is 1. The van der Waals surface area contributed by atoms with Crippen LogP contribution in [-0.2, 0) is 16.6 Å². The molecule has 0 unspecified atom stereocenters. The summed E-state index contributed by atoms with van der Waals surface area (Å²) < 4.78 is 43.5. The maximum atomic E-state index is 13.8. The molecule has 1 saturated carbocycles. The Bertz CT molecular complexity index is 1510. The maximum Gasteiger partial charge on any atom is 0.404 e. The molecule has 1 aliphatic carbocycles. The second kappa shape index (κ2) is 12.5. The SMILES string of the molecule is CC(C)(C)NS(=O)(=O)c1cc(NC(=O)NCc2ncccc2F)ccc1-c1cnc([C@H]2CC[C@H](NC(=O)O)CC2)s1. The number of carbonyl (C=O) groups excluding carboxylic acids is 1. The van der Waals surface area contributed by atoms with Crippen LogP contribution in [0.4, 0.5) is 19.7 Å². The molecule has 220 valence electrons. The number of rotatable bonds is 8. The van der Waals surface area contributed by atoms with Gasteiger partial charge in [-0.05, 0) is 70.7 Å². The highest BCUT2D eigenvalue weighted by Gasteiger charge is 2.29. The van der Waals surface area contributed by atoms with Gasteiger partial charge >= 0.3 is 12.1 Å². The maximum absolute atomic E-state index is 13.8. The van der Waals surface area contributed by atoms with Crippen LogP contribution in [0.3, 0.4) is 0 Å². The molecule has 0 bridgehead atoms. The Labute approximate surface area is 242 Å². The van der Waals surface area contributed by atoms with Gasteiger partial charge in [-0.15, -0.1) is 11.3 Å². The van der Waals surface area contributed by atoms with E-state index in [2.05, 4.69) is 30.6 Å². The van der Waals surface area contributed by atoms with E-state index in [1.54, 1.807) is 39.1 Å². The van der Waals surface area contributed by atoms with Gasteiger partial charge in [-0.3, -0.25) is 4.98 Å². The van der Waals surface area contributed by atoms with Gasteiger partial charge in [-0.1, -0.05) is 6.07 Å². The molecule has 1 aromatic carbocycles. The van der Waals surface area contributed by atoms with E-state index >= 15 is 0 Å². The predicted octanol–water partition coefficient (Wildman–Crippen LogP) is 5.04. The van der Waals surface area contributed by atoms with E-state index in [1.165, 1.54) is 35.7 Å². The van der Waals surface area contributed by atoms with Gasteiger partial charge in [0.2, 0.25) is 10.0 Å². The first-order valence-electron chi connectivity index (χ1n) is 13.1. The fourth-order valence-electron chi connectivity index (χ4n) is 4.63. The first-order chi connectivity index (χ1) is 19.3. The minimum Gasteiger partial charge on any atom is -0.465 e. The van der Waals surface area contributed by atoms with Gasteiger partial charge < -0.3 is 21.1 Å². The molecule has 0 saturated heterocycles. The number of aromatic nitrogens is 2. The van der Waals surface area contributed by atoms with Gasteiger partial charge in [-0.2, -0.15) is 0 Å². The van der Waals surface area contributed by atoms with E-state index in [1.807, 2.05) is 0 Å². The summed E-state index contributed by atoms with van der Waals surface area (Å²) in [5.41, 5.74) is -0.0157. The van der Waals surface area contributed by atoms with Crippen LogP contribution in [0.1, 0.15) is 63.1 Å². The average molecular weight is 605 g/mol. The van der Waals surface area contributed by atoms with Crippen LogP contribution < -0.4 is 20.7 Å². The van der Waals surface area contributed by atoms with E-state index < -0.39 is 33.5 Å². The minimum atomic E-state index is -4.02. The zero-order valence-corrected chi connectivity index (χ0v) is 24.5. The van der Waals surface area contributed by atoms with Gasteiger partial charge in [0.15, 0.2) is 0 Å². The summed E-state index contributed by atoms with van der Waals surface area (Å²) in [5, 5.41) is 17.5. The summed E-state index contributed by atoms with van der Waals surface area (Å²) >= 11 is 1.40. The number of hydrogen-bond donors (Lipinski definition) is 5. The summed E-state index contributed by atoms with van der Waals surface area (Å²) in [6.07, 6.45) is 4.99. The molecule has 5 N–H and O–H groups in total. The Hall–Kier alpha value is -3.62. The van der Waals surface area contributed by atoms with E-state index in [0.717, 1.165) is 17.8 Å². The molecule has 4 rings (SSSR count). The molecular weight excluding hydrogens is 571 g/mol. The molecule has 0 spiro atoms. The number of hydrogen-bond acceptors (Lipinski definition) is 7. The largest absolute Gasteiger partial charge is 0.465 e. The van der Waals surface area contributed by atoms with Crippen LogP contribution in [-0.4, -0.2) is 47.2 Å². The lowest BCUT2D eigenvalue weighted by Crippen LogP contribution is -2.40. The molecule has 2 heterocycles. The second-order valence-corrected chi connectivity index (χ2v) is 13.6. The standard InChI is InChI=1S/C27H33FN6O5S2/c1-27(2,3)34-41(38,39)23-13-18(32-25(35)31-14-21-20(28)5-4-12-29-21)10-11-19(23)22-15-30-24(40-22)16-6-8-17(9-7-16)33-26(36)37/h4-5,10-13,15-17,33-34H,6-9,14H2,1-3H3,(H,36,37)(H2,31,32,35)/t16-,17-. The number of benzene rings is 1. The number of halogens is 1. The van der Waals surface area contributed by atoms with Crippen molar-refractivity contribution in [3.63, 3.8) is 0 Å². The summed E-state index contributed by atoms with van der Waals surface area (Å²) in [6, 6.07) is 6.56. The molecule has 2 aromatic heterocycles. The fourth-order valence-corrected chi connectivity index (χ4v) is 7.49. The van der Waals surface area contributed by atoms with Crippen molar-refractivity contribution in [2.75, 3.05) is 5.32 Å². The van der Waals surface area contributed by atoms with E-state index in [0.29, 0.717) is 23.3 Å². The topological polar surface area (TPSA) is 162 Å². The minimum absolute atomic E-state index is 0.0226. The molecule has 0 radical (unpaired) electrons. The zero-order valence-electron chi connectivity index (χ0n) is 22.9. The number of anilines is 1. The molecule has 1 fully saturated rings. The summed E-state index contributed by atoms with van der Waals surface area (Å²) in [5.74, 6) is -0.394. The number of nitrogens with zero attached hydrogens (tertiary/aromatic N) is 2. The number of sulfonamides is 1. The normalized spacial score (nSPS) is 17.6. The van der Waals surface area contributed by atoms with Gasteiger partial charge in [-0.25, -0.2) is 32.1 Å². The molecular formula is C27H33FN6O5S2. The molecule has 11 nitrogen and oxygen atoms in total. The highest BCUT2D eigenvalue weighted by atomic mass is 32.2. The first-order valence-corrected chi connectivity index (χ1v) is 15.4. The lowest BCUT2D eigenvalue weighted by Gasteiger charge is -2.27. The fraction of sp³-hybridized carbons (Fsp3) is 0.407. The summed E-state index contributed by atoms with van der Waals surface area (Å²) in [6.45, 7) is 5.05. The van der Waals surface area contributed by atoms with Gasteiger partial charge in [0.05, 0.1) is 27.0 Å². The third kappa shape index (κ3) is 8.21. The Morgan fingerprint density at radius 1 is 1.12 bits per heavy atom. The Morgan fingerprint density at radius 2 is 1.85 bits per heavy atom. The van der Waals surface area contributed by atoms with Crippen molar-refractivity contribution >= 4 is 39.2 Å². The number of thiazole rings is 1. The van der Waals surface area contributed by atoms with Gasteiger partial charge in [0.25, 0.3) is 0 Å². The third-order valence-corrected chi connectivity index (χ3v) is 9.40. The smallest absolute Gasteiger partial charge is 0.404 e. The molecule has 0 atom stereocenters. The van der Waals surface area contributed by atoms with E-state index in [9.17, 15) is 22.4 Å². The highest BCUT2D eigenvalue weighted by molar-refractivity contribution is 7.89. The molecule has 1 aliphatic rings. The van der Waals surface area contributed by atoms with Crippen molar-refractivity contribution in [2.24, 2.45) is 0 Å².